The number of methoxy groups -OCH3 is 2. The van der Waals surface area contributed by atoms with Gasteiger partial charge in [0.15, 0.2) is 0 Å². The zero-order chi connectivity index (χ0) is 22.9. The summed E-state index contributed by atoms with van der Waals surface area (Å²) in [6.07, 6.45) is 0.755. The molecule has 0 aliphatic rings. The second-order valence-corrected chi connectivity index (χ2v) is 8.51. The monoisotopic (exact) mass is 454 g/mol. The third kappa shape index (κ3) is 6.55. The van der Waals surface area contributed by atoms with E-state index in [1.165, 1.54) is 11.1 Å². The van der Waals surface area contributed by atoms with Gasteiger partial charge in [-0.05, 0) is 67.8 Å². The number of rotatable bonds is 11. The lowest BCUT2D eigenvalue weighted by atomic mass is 10.1. The van der Waals surface area contributed by atoms with Gasteiger partial charge in [-0.25, -0.2) is 4.98 Å². The molecule has 0 bridgehead atoms. The van der Waals surface area contributed by atoms with Crippen LogP contribution < -0.4 is 9.47 Å². The van der Waals surface area contributed by atoms with Crippen molar-refractivity contribution in [2.45, 2.75) is 33.4 Å². The average Bonchev–Trinajstić information content (AvgIpc) is 3.26. The van der Waals surface area contributed by atoms with Crippen LogP contribution in [-0.2, 0) is 17.9 Å². The highest BCUT2D eigenvalue weighted by atomic mass is 32.1. The van der Waals surface area contributed by atoms with Crippen LogP contribution in [0.1, 0.15) is 38.6 Å². The van der Waals surface area contributed by atoms with Crippen molar-refractivity contribution in [2.24, 2.45) is 0 Å². The molecule has 0 aliphatic carbocycles. The molecule has 0 saturated carbocycles. The van der Waals surface area contributed by atoms with E-state index in [4.69, 9.17) is 14.2 Å². The van der Waals surface area contributed by atoms with Gasteiger partial charge in [-0.3, -0.25) is 4.79 Å². The lowest BCUT2D eigenvalue weighted by molar-refractivity contribution is 0.0721. The van der Waals surface area contributed by atoms with Gasteiger partial charge in [-0.2, -0.15) is 0 Å². The number of benzene rings is 2. The van der Waals surface area contributed by atoms with Crippen molar-refractivity contribution < 1.29 is 19.0 Å². The molecule has 1 aromatic heterocycles. The molecule has 2 aromatic carbocycles. The Morgan fingerprint density at radius 2 is 1.78 bits per heavy atom. The fourth-order valence-electron chi connectivity index (χ4n) is 3.20. The first-order chi connectivity index (χ1) is 15.5. The molecule has 0 unspecified atom stereocenters. The van der Waals surface area contributed by atoms with Crippen LogP contribution in [0.25, 0.3) is 0 Å². The van der Waals surface area contributed by atoms with Gasteiger partial charge in [0.1, 0.15) is 23.1 Å². The maximum absolute atomic E-state index is 13.1. The predicted octanol–water partition coefficient (Wildman–Crippen LogP) is 5.03. The fourth-order valence-corrected chi connectivity index (χ4v) is 3.90. The number of aryl methyl sites for hydroxylation is 2. The van der Waals surface area contributed by atoms with Crippen molar-refractivity contribution in [3.05, 3.63) is 75.2 Å². The van der Waals surface area contributed by atoms with E-state index >= 15 is 0 Å². The maximum Gasteiger partial charge on any atom is 0.254 e. The molecule has 0 N–H and O–H groups in total. The van der Waals surface area contributed by atoms with Crippen LogP contribution in [0.15, 0.2) is 47.8 Å². The molecule has 0 atom stereocenters. The summed E-state index contributed by atoms with van der Waals surface area (Å²) in [4.78, 5) is 19.6. The molecule has 6 nitrogen and oxygen atoms in total. The number of ether oxygens (including phenoxy) is 3. The summed E-state index contributed by atoms with van der Waals surface area (Å²) in [6, 6.07) is 13.2. The molecular formula is C25H30N2O4S. The molecule has 0 radical (unpaired) electrons. The first kappa shape index (κ1) is 23.8. The Labute approximate surface area is 193 Å². The lowest BCUT2D eigenvalue weighted by Crippen LogP contribution is -2.32. The molecule has 0 spiro atoms. The minimum atomic E-state index is -0.0373. The Morgan fingerprint density at radius 3 is 2.47 bits per heavy atom. The van der Waals surface area contributed by atoms with Gasteiger partial charge in [-0.1, -0.05) is 6.07 Å². The summed E-state index contributed by atoms with van der Waals surface area (Å²) in [7, 11) is 3.27. The van der Waals surface area contributed by atoms with Gasteiger partial charge in [0, 0.05) is 31.2 Å². The third-order valence-electron chi connectivity index (χ3n) is 5.19. The summed E-state index contributed by atoms with van der Waals surface area (Å²) in [5.74, 6) is 1.52. The second kappa shape index (κ2) is 11.6. The van der Waals surface area contributed by atoms with E-state index in [-0.39, 0.29) is 5.91 Å². The average molecular weight is 455 g/mol. The minimum Gasteiger partial charge on any atom is -0.497 e. The third-order valence-corrected chi connectivity index (χ3v) is 6.06. The number of amides is 1. The zero-order valence-corrected chi connectivity index (χ0v) is 19.9. The van der Waals surface area contributed by atoms with Gasteiger partial charge < -0.3 is 19.1 Å². The number of carbonyl (C=O) groups excluding carboxylic acids is 1. The quantitative estimate of drug-likeness (QED) is 0.381. The molecule has 0 saturated heterocycles. The van der Waals surface area contributed by atoms with Crippen LogP contribution >= 0.6 is 11.3 Å². The molecule has 3 rings (SSSR count). The van der Waals surface area contributed by atoms with Crippen molar-refractivity contribution in [1.29, 1.82) is 0 Å². The maximum atomic E-state index is 13.1. The molecule has 3 aromatic rings. The smallest absolute Gasteiger partial charge is 0.254 e. The van der Waals surface area contributed by atoms with Crippen LogP contribution in [0.4, 0.5) is 0 Å². The number of aromatic nitrogens is 1. The van der Waals surface area contributed by atoms with Gasteiger partial charge in [0.05, 0.1) is 19.3 Å². The van der Waals surface area contributed by atoms with Gasteiger partial charge in [0.2, 0.25) is 0 Å². The molecule has 0 aliphatic heterocycles. The number of nitrogens with zero attached hydrogens (tertiary/aromatic N) is 2. The normalized spacial score (nSPS) is 10.8. The molecular weight excluding hydrogens is 424 g/mol. The Bertz CT molecular complexity index is 1020. The number of carbonyl (C=O) groups is 1. The van der Waals surface area contributed by atoms with E-state index in [0.717, 1.165) is 28.6 Å². The van der Waals surface area contributed by atoms with Gasteiger partial charge in [-0.15, -0.1) is 11.3 Å². The largest absolute Gasteiger partial charge is 0.497 e. The topological polar surface area (TPSA) is 60.9 Å². The van der Waals surface area contributed by atoms with Crippen molar-refractivity contribution in [3.63, 3.8) is 0 Å². The Kier molecular flexibility index (Phi) is 8.64. The van der Waals surface area contributed by atoms with Crippen LogP contribution in [-0.4, -0.2) is 43.2 Å². The van der Waals surface area contributed by atoms with Gasteiger partial charge in [0.25, 0.3) is 5.91 Å². The minimum absolute atomic E-state index is 0.0373. The van der Waals surface area contributed by atoms with E-state index in [2.05, 4.69) is 24.9 Å². The molecule has 1 heterocycles. The Balaban J connectivity index is 1.65. The Hall–Kier alpha value is -2.90. The van der Waals surface area contributed by atoms with Crippen molar-refractivity contribution in [1.82, 2.24) is 9.88 Å². The van der Waals surface area contributed by atoms with E-state index in [0.29, 0.717) is 31.9 Å². The molecule has 7 heteroatoms. The van der Waals surface area contributed by atoms with Crippen LogP contribution in [0.5, 0.6) is 11.5 Å². The van der Waals surface area contributed by atoms with Crippen molar-refractivity contribution >= 4 is 17.2 Å². The first-order valence-electron chi connectivity index (χ1n) is 10.6. The predicted molar refractivity (Wildman–Crippen MR) is 127 cm³/mol. The number of thiazole rings is 1. The van der Waals surface area contributed by atoms with Crippen LogP contribution in [0, 0.1) is 13.8 Å². The summed E-state index contributed by atoms with van der Waals surface area (Å²) in [6.45, 7) is 6.18. The number of hydrogen-bond donors (Lipinski definition) is 0. The summed E-state index contributed by atoms with van der Waals surface area (Å²) in [5, 5.41) is 2.87. The van der Waals surface area contributed by atoms with E-state index < -0.39 is 0 Å². The van der Waals surface area contributed by atoms with Crippen LogP contribution in [0.3, 0.4) is 0 Å². The van der Waals surface area contributed by atoms with E-state index in [1.54, 1.807) is 49.8 Å². The summed E-state index contributed by atoms with van der Waals surface area (Å²) < 4.78 is 16.3. The fraction of sp³-hybridized carbons (Fsp3) is 0.360. The zero-order valence-electron chi connectivity index (χ0n) is 19.1. The second-order valence-electron chi connectivity index (χ2n) is 7.57. The van der Waals surface area contributed by atoms with E-state index in [9.17, 15) is 4.79 Å². The van der Waals surface area contributed by atoms with Crippen LogP contribution in [0.2, 0.25) is 0 Å². The SMILES string of the molecule is COCCCN(Cc1csc(COc2ccc(C)c(C)c2)n1)C(=O)c1ccc(OC)cc1. The van der Waals surface area contributed by atoms with E-state index in [1.807, 2.05) is 22.4 Å². The first-order valence-corrected chi connectivity index (χ1v) is 11.4. The standard InChI is InChI=1S/C25H30N2O4S/c1-18-6-9-23(14-19(18)2)31-16-24-26-21(17-32-24)15-27(12-5-13-29-3)25(28)20-7-10-22(30-4)11-8-20/h6-11,14,17H,5,12-13,15-16H2,1-4H3. The highest BCUT2D eigenvalue weighted by Gasteiger charge is 2.18. The van der Waals surface area contributed by atoms with Gasteiger partial charge >= 0.3 is 0 Å². The highest BCUT2D eigenvalue weighted by Crippen LogP contribution is 2.20. The lowest BCUT2D eigenvalue weighted by Gasteiger charge is -2.22. The number of hydrogen-bond acceptors (Lipinski definition) is 6. The molecule has 1 amide bonds. The highest BCUT2D eigenvalue weighted by molar-refractivity contribution is 7.09. The molecule has 170 valence electrons. The Morgan fingerprint density at radius 1 is 1.03 bits per heavy atom. The van der Waals surface area contributed by atoms with Crippen molar-refractivity contribution in [2.75, 3.05) is 27.4 Å². The van der Waals surface area contributed by atoms with Crippen molar-refractivity contribution in [3.8, 4) is 11.5 Å². The summed E-state index contributed by atoms with van der Waals surface area (Å²) in [5.41, 5.74) is 3.92. The molecule has 0 fully saturated rings. The summed E-state index contributed by atoms with van der Waals surface area (Å²) >= 11 is 1.54. The molecule has 32 heavy (non-hydrogen) atoms.